The third-order valence-corrected chi connectivity index (χ3v) is 2.46. The van der Waals surface area contributed by atoms with Crippen molar-refractivity contribution in [1.82, 2.24) is 3.97 Å². The summed E-state index contributed by atoms with van der Waals surface area (Å²) in [5, 5.41) is 4.89. The molecule has 0 spiro atoms. The summed E-state index contributed by atoms with van der Waals surface area (Å²) in [7, 11) is -1.87. The van der Waals surface area contributed by atoms with Crippen LogP contribution in [0.3, 0.4) is 0 Å². The van der Waals surface area contributed by atoms with Crippen LogP contribution in [0, 0.1) is 6.92 Å². The van der Waals surface area contributed by atoms with Gasteiger partial charge in [0.25, 0.3) is 5.82 Å². The van der Waals surface area contributed by atoms with Gasteiger partial charge in [0, 0.05) is 6.92 Å². The first kappa shape index (κ1) is 8.22. The first-order chi connectivity index (χ1) is 4.93. The summed E-state index contributed by atoms with van der Waals surface area (Å²) in [4.78, 5) is 0. The lowest BCUT2D eigenvalue weighted by molar-refractivity contribution is -0.676. The minimum Gasteiger partial charge on any atom is -0.236 e. The van der Waals surface area contributed by atoms with Crippen molar-refractivity contribution in [1.29, 1.82) is 0 Å². The number of aryl methyl sites for hydroxylation is 1. The van der Waals surface area contributed by atoms with Gasteiger partial charge in [-0.15, -0.1) is 3.97 Å². The molecule has 0 unspecified atom stereocenters. The lowest BCUT2D eigenvalue weighted by Crippen LogP contribution is -2.32. The SMILES string of the molecule is Cc1n(S(N)(=O)=O)cc[n+]1C. The standard InChI is InChI=1S/C5H10N3O2S/c1-5-7(2)3-4-8(5)11(6,9)10/h3-4H,1-2H3,(H2,6,9,10)/q+1. The summed E-state index contributed by atoms with van der Waals surface area (Å²) >= 11 is 0. The average molecular weight is 176 g/mol. The number of imidazole rings is 1. The van der Waals surface area contributed by atoms with E-state index in [0.29, 0.717) is 5.82 Å². The first-order valence-corrected chi connectivity index (χ1v) is 4.50. The van der Waals surface area contributed by atoms with Crippen molar-refractivity contribution in [3.8, 4) is 0 Å². The predicted octanol–water partition coefficient (Wildman–Crippen LogP) is -1.33. The summed E-state index contributed by atoms with van der Waals surface area (Å²) in [6.45, 7) is 1.67. The highest BCUT2D eigenvalue weighted by molar-refractivity contribution is 7.87. The van der Waals surface area contributed by atoms with Crippen LogP contribution in [0.4, 0.5) is 0 Å². The van der Waals surface area contributed by atoms with Crippen LogP contribution < -0.4 is 9.71 Å². The molecule has 1 rings (SSSR count). The summed E-state index contributed by atoms with van der Waals surface area (Å²) in [6.07, 6.45) is 3.03. The molecule has 62 valence electrons. The highest BCUT2D eigenvalue weighted by atomic mass is 32.2. The average Bonchev–Trinajstić information content (AvgIpc) is 2.11. The van der Waals surface area contributed by atoms with E-state index >= 15 is 0 Å². The Labute approximate surface area is 65.2 Å². The normalized spacial score (nSPS) is 11.9. The first-order valence-electron chi connectivity index (χ1n) is 3.00. The molecule has 6 heteroatoms. The van der Waals surface area contributed by atoms with Crippen molar-refractivity contribution in [3.63, 3.8) is 0 Å². The molecule has 1 heterocycles. The second-order valence-electron chi connectivity index (χ2n) is 2.30. The summed E-state index contributed by atoms with van der Waals surface area (Å²) in [6, 6.07) is 0. The second kappa shape index (κ2) is 2.31. The molecule has 1 aromatic rings. The number of aromatic nitrogens is 2. The van der Waals surface area contributed by atoms with Gasteiger partial charge in [0.15, 0.2) is 0 Å². The van der Waals surface area contributed by atoms with Gasteiger partial charge < -0.3 is 0 Å². The van der Waals surface area contributed by atoms with E-state index in [1.807, 2.05) is 0 Å². The number of nitrogens with two attached hydrogens (primary N) is 1. The van der Waals surface area contributed by atoms with Gasteiger partial charge in [-0.25, -0.2) is 4.57 Å². The topological polar surface area (TPSA) is 69.0 Å². The lowest BCUT2D eigenvalue weighted by Gasteiger charge is -1.92. The van der Waals surface area contributed by atoms with Crippen molar-refractivity contribution in [2.24, 2.45) is 12.2 Å². The van der Waals surface area contributed by atoms with Crippen molar-refractivity contribution >= 4 is 10.2 Å². The van der Waals surface area contributed by atoms with E-state index < -0.39 is 10.2 Å². The van der Waals surface area contributed by atoms with Gasteiger partial charge in [-0.2, -0.15) is 13.6 Å². The molecule has 0 aliphatic carbocycles. The summed E-state index contributed by atoms with van der Waals surface area (Å²) in [5.41, 5.74) is 0. The Bertz CT molecular complexity index is 365. The van der Waals surface area contributed by atoms with Crippen LogP contribution in [0.1, 0.15) is 5.82 Å². The van der Waals surface area contributed by atoms with Crippen LogP contribution in [0.15, 0.2) is 12.4 Å². The van der Waals surface area contributed by atoms with Crippen LogP contribution in [0.2, 0.25) is 0 Å². The molecule has 0 aliphatic rings. The van der Waals surface area contributed by atoms with E-state index in [4.69, 9.17) is 5.14 Å². The van der Waals surface area contributed by atoms with Gasteiger partial charge in [-0.1, -0.05) is 0 Å². The van der Waals surface area contributed by atoms with E-state index in [1.54, 1.807) is 24.7 Å². The molecule has 11 heavy (non-hydrogen) atoms. The maximum absolute atomic E-state index is 10.8. The van der Waals surface area contributed by atoms with Crippen molar-refractivity contribution < 1.29 is 13.0 Å². The van der Waals surface area contributed by atoms with Gasteiger partial charge in [-0.3, -0.25) is 0 Å². The molecule has 0 atom stereocenters. The van der Waals surface area contributed by atoms with E-state index in [2.05, 4.69) is 0 Å². The minimum absolute atomic E-state index is 0.576. The Balaban J connectivity index is 3.38. The van der Waals surface area contributed by atoms with Crippen LogP contribution in [-0.2, 0) is 17.3 Å². The van der Waals surface area contributed by atoms with Gasteiger partial charge >= 0.3 is 10.2 Å². The molecule has 0 radical (unpaired) electrons. The number of hydrogen-bond acceptors (Lipinski definition) is 2. The van der Waals surface area contributed by atoms with E-state index in [1.165, 1.54) is 6.20 Å². The Hall–Kier alpha value is -0.880. The van der Waals surface area contributed by atoms with Gasteiger partial charge in [0.1, 0.15) is 12.4 Å². The van der Waals surface area contributed by atoms with Gasteiger partial charge in [0.05, 0.1) is 7.05 Å². The summed E-state index contributed by atoms with van der Waals surface area (Å²) in [5.74, 6) is 0.576. The molecule has 0 saturated carbocycles. The third-order valence-electron chi connectivity index (χ3n) is 1.53. The third kappa shape index (κ3) is 1.41. The molecule has 0 bridgehead atoms. The number of rotatable bonds is 1. The van der Waals surface area contributed by atoms with Gasteiger partial charge in [-0.05, 0) is 0 Å². The fourth-order valence-corrected chi connectivity index (χ4v) is 1.52. The Morgan fingerprint density at radius 3 is 2.36 bits per heavy atom. The zero-order valence-electron chi connectivity index (χ0n) is 6.35. The molecule has 5 nitrogen and oxygen atoms in total. The number of nitrogens with zero attached hydrogens (tertiary/aromatic N) is 2. The van der Waals surface area contributed by atoms with Crippen molar-refractivity contribution in [2.75, 3.05) is 0 Å². The highest BCUT2D eigenvalue weighted by Crippen LogP contribution is 1.93. The Morgan fingerprint density at radius 1 is 1.64 bits per heavy atom. The minimum atomic E-state index is -3.62. The van der Waals surface area contributed by atoms with Crippen molar-refractivity contribution in [3.05, 3.63) is 18.2 Å². The van der Waals surface area contributed by atoms with Crippen LogP contribution in [0.5, 0.6) is 0 Å². The molecule has 0 amide bonds. The maximum atomic E-state index is 10.8. The second-order valence-corrected chi connectivity index (χ2v) is 3.72. The zero-order valence-corrected chi connectivity index (χ0v) is 7.17. The zero-order chi connectivity index (χ0) is 8.65. The van der Waals surface area contributed by atoms with E-state index in [0.717, 1.165) is 3.97 Å². The van der Waals surface area contributed by atoms with Crippen LogP contribution in [0.25, 0.3) is 0 Å². The lowest BCUT2D eigenvalue weighted by atomic mass is 10.7. The van der Waals surface area contributed by atoms with Gasteiger partial charge in [0.2, 0.25) is 0 Å². The highest BCUT2D eigenvalue weighted by Gasteiger charge is 2.18. The monoisotopic (exact) mass is 176 g/mol. The molecule has 0 fully saturated rings. The Morgan fingerprint density at radius 2 is 2.18 bits per heavy atom. The smallest absolute Gasteiger partial charge is 0.236 e. The largest absolute Gasteiger partial charge is 0.374 e. The fourth-order valence-electron chi connectivity index (χ4n) is 0.801. The maximum Gasteiger partial charge on any atom is 0.374 e. The molecule has 2 N–H and O–H groups in total. The van der Waals surface area contributed by atoms with Crippen LogP contribution >= 0.6 is 0 Å². The predicted molar refractivity (Wildman–Crippen MR) is 38.9 cm³/mol. The molecule has 0 aromatic carbocycles. The van der Waals surface area contributed by atoms with Crippen LogP contribution in [-0.4, -0.2) is 12.4 Å². The molecular weight excluding hydrogens is 166 g/mol. The fraction of sp³-hybridized carbons (Fsp3) is 0.400. The Kier molecular flexibility index (Phi) is 1.73. The summed E-state index contributed by atoms with van der Waals surface area (Å²) < 4.78 is 24.3. The molecule has 0 saturated heterocycles. The number of hydrogen-bond donors (Lipinski definition) is 1. The van der Waals surface area contributed by atoms with E-state index in [-0.39, 0.29) is 0 Å². The molecular formula is C5H10N3O2S+. The van der Waals surface area contributed by atoms with E-state index in [9.17, 15) is 8.42 Å². The molecule has 1 aromatic heterocycles. The molecule has 0 aliphatic heterocycles. The quantitative estimate of drug-likeness (QED) is 0.539. The van der Waals surface area contributed by atoms with Crippen molar-refractivity contribution in [2.45, 2.75) is 6.92 Å².